The van der Waals surface area contributed by atoms with E-state index in [1.54, 1.807) is 13.0 Å². The first kappa shape index (κ1) is 18.8. The summed E-state index contributed by atoms with van der Waals surface area (Å²) in [6.07, 6.45) is 2.33. The second kappa shape index (κ2) is 9.05. The number of methoxy groups -OCH3 is 1. The summed E-state index contributed by atoms with van der Waals surface area (Å²) in [7, 11) is 1.43. The van der Waals surface area contributed by atoms with E-state index in [1.807, 2.05) is 0 Å². The van der Waals surface area contributed by atoms with Crippen LogP contribution in [0.15, 0.2) is 24.8 Å². The highest BCUT2D eigenvalue weighted by Crippen LogP contribution is 2.36. The molecule has 0 saturated carbocycles. The van der Waals surface area contributed by atoms with Crippen LogP contribution < -0.4 is 14.8 Å². The van der Waals surface area contributed by atoms with Crippen molar-refractivity contribution in [3.8, 4) is 11.5 Å². The number of hydrogen-bond acceptors (Lipinski definition) is 4. The molecule has 2 N–H and O–H groups in total. The summed E-state index contributed by atoms with van der Waals surface area (Å²) in [5.74, 6) is -1.01. The van der Waals surface area contributed by atoms with Gasteiger partial charge in [-0.15, -0.1) is 6.58 Å². The van der Waals surface area contributed by atoms with Crippen molar-refractivity contribution in [2.75, 3.05) is 13.7 Å². The Morgan fingerprint density at radius 1 is 1.48 bits per heavy atom. The van der Waals surface area contributed by atoms with Gasteiger partial charge in [-0.25, -0.2) is 4.79 Å². The highest BCUT2D eigenvalue weighted by Gasteiger charge is 2.22. The van der Waals surface area contributed by atoms with Gasteiger partial charge in [-0.1, -0.05) is 17.7 Å². The van der Waals surface area contributed by atoms with Crippen LogP contribution in [0.2, 0.25) is 5.02 Å². The molecule has 0 fully saturated rings. The minimum absolute atomic E-state index is 0.195. The molecule has 1 aromatic rings. The highest BCUT2D eigenvalue weighted by atomic mass is 35.5. The summed E-state index contributed by atoms with van der Waals surface area (Å²) in [6, 6.07) is 1.87. The Morgan fingerprint density at radius 3 is 2.70 bits per heavy atom. The van der Waals surface area contributed by atoms with Crippen LogP contribution in [0.25, 0.3) is 0 Å². The number of halogens is 1. The zero-order valence-electron chi connectivity index (χ0n) is 13.1. The van der Waals surface area contributed by atoms with E-state index in [9.17, 15) is 9.59 Å². The monoisotopic (exact) mass is 341 g/mol. The second-order valence-electron chi connectivity index (χ2n) is 4.65. The van der Waals surface area contributed by atoms with Gasteiger partial charge in [0.15, 0.2) is 11.5 Å². The molecule has 23 heavy (non-hydrogen) atoms. The van der Waals surface area contributed by atoms with Crippen LogP contribution in [0.5, 0.6) is 11.5 Å². The predicted octanol–water partition coefficient (Wildman–Crippen LogP) is 2.90. The van der Waals surface area contributed by atoms with Crippen molar-refractivity contribution in [1.82, 2.24) is 5.32 Å². The minimum Gasteiger partial charge on any atom is -0.493 e. The number of hydrogen-bond donors (Lipinski definition) is 2. The number of allylic oxidation sites excluding steroid dienone is 1. The van der Waals surface area contributed by atoms with Gasteiger partial charge in [0.25, 0.3) is 5.91 Å². The number of carboxylic acid groups (broad SMARTS) is 1. The van der Waals surface area contributed by atoms with Crippen molar-refractivity contribution in [3.63, 3.8) is 0 Å². The summed E-state index contributed by atoms with van der Waals surface area (Å²) in [6.45, 7) is 5.73. The van der Waals surface area contributed by atoms with E-state index < -0.39 is 17.9 Å². The number of benzene rings is 1. The zero-order chi connectivity index (χ0) is 17.4. The lowest BCUT2D eigenvalue weighted by Crippen LogP contribution is -2.40. The van der Waals surface area contributed by atoms with Gasteiger partial charge in [0.05, 0.1) is 18.7 Å². The lowest BCUT2D eigenvalue weighted by molar-refractivity contribution is -0.139. The molecule has 1 atom stereocenters. The third-order valence-corrected chi connectivity index (χ3v) is 3.32. The summed E-state index contributed by atoms with van der Waals surface area (Å²) in [5.41, 5.74) is 0.195. The Kier molecular flexibility index (Phi) is 7.41. The van der Waals surface area contributed by atoms with Crippen LogP contribution in [-0.4, -0.2) is 36.7 Å². The molecule has 0 aromatic heterocycles. The molecule has 0 heterocycles. The molecule has 0 bridgehead atoms. The molecule has 0 aliphatic heterocycles. The Hall–Kier alpha value is -2.21. The maximum Gasteiger partial charge on any atom is 0.326 e. The first-order valence-corrected chi connectivity index (χ1v) is 7.47. The molecule has 1 rings (SSSR count). The molecule has 6 nitrogen and oxygen atoms in total. The maximum absolute atomic E-state index is 12.3. The third kappa shape index (κ3) is 5.17. The standard InChI is InChI=1S/C16H20ClNO5/c1-4-6-7-12(16(20)21)18-15(19)10-8-11(17)14(23-5-2)13(9-10)22-3/h4,8-9,12H,1,5-7H2,2-3H3,(H,18,19)(H,20,21). The molecule has 0 aliphatic rings. The fraction of sp³-hybridized carbons (Fsp3) is 0.375. The summed E-state index contributed by atoms with van der Waals surface area (Å²) in [4.78, 5) is 23.4. The van der Waals surface area contributed by atoms with Crippen molar-refractivity contribution in [2.45, 2.75) is 25.8 Å². The van der Waals surface area contributed by atoms with E-state index in [0.717, 1.165) is 0 Å². The summed E-state index contributed by atoms with van der Waals surface area (Å²) < 4.78 is 10.5. The number of ether oxygens (including phenoxy) is 2. The average Bonchev–Trinajstić information content (AvgIpc) is 2.52. The Balaban J connectivity index is 3.00. The SMILES string of the molecule is C=CCCC(NC(=O)c1cc(Cl)c(OCC)c(OC)c1)C(=O)O. The quantitative estimate of drug-likeness (QED) is 0.675. The average molecular weight is 342 g/mol. The van der Waals surface area contributed by atoms with E-state index >= 15 is 0 Å². The minimum atomic E-state index is -1.11. The number of carbonyl (C=O) groups excluding carboxylic acids is 1. The second-order valence-corrected chi connectivity index (χ2v) is 5.06. The van der Waals surface area contributed by atoms with E-state index in [-0.39, 0.29) is 17.0 Å². The first-order chi connectivity index (χ1) is 10.9. The number of nitrogens with one attached hydrogen (secondary N) is 1. The lowest BCUT2D eigenvalue weighted by atomic mass is 10.1. The van der Waals surface area contributed by atoms with Crippen LogP contribution in [0, 0.1) is 0 Å². The van der Waals surface area contributed by atoms with Crippen LogP contribution >= 0.6 is 11.6 Å². The fourth-order valence-electron chi connectivity index (χ4n) is 1.92. The van der Waals surface area contributed by atoms with Gasteiger partial charge in [0, 0.05) is 5.56 Å². The van der Waals surface area contributed by atoms with Crippen LogP contribution in [0.1, 0.15) is 30.1 Å². The van der Waals surface area contributed by atoms with Gasteiger partial charge >= 0.3 is 5.97 Å². The molecule has 0 radical (unpaired) electrons. The molecule has 1 aromatic carbocycles. The van der Waals surface area contributed by atoms with Crippen molar-refractivity contribution >= 4 is 23.5 Å². The Bertz CT molecular complexity index is 588. The van der Waals surface area contributed by atoms with E-state index in [1.165, 1.54) is 19.2 Å². The molecular weight excluding hydrogens is 322 g/mol. The molecule has 0 spiro atoms. The van der Waals surface area contributed by atoms with Crippen LogP contribution in [0.3, 0.4) is 0 Å². The number of amides is 1. The van der Waals surface area contributed by atoms with Crippen LogP contribution in [-0.2, 0) is 4.79 Å². The molecule has 1 unspecified atom stereocenters. The zero-order valence-corrected chi connectivity index (χ0v) is 13.9. The van der Waals surface area contributed by atoms with Gasteiger partial charge in [-0.3, -0.25) is 4.79 Å². The highest BCUT2D eigenvalue weighted by molar-refractivity contribution is 6.32. The van der Waals surface area contributed by atoms with Gasteiger partial charge in [0.2, 0.25) is 0 Å². The molecule has 0 saturated heterocycles. The van der Waals surface area contributed by atoms with Crippen molar-refractivity contribution in [3.05, 3.63) is 35.4 Å². The van der Waals surface area contributed by atoms with E-state index in [4.69, 9.17) is 26.2 Å². The smallest absolute Gasteiger partial charge is 0.326 e. The number of rotatable bonds is 9. The molecular formula is C16H20ClNO5. The fourth-order valence-corrected chi connectivity index (χ4v) is 2.18. The molecule has 1 amide bonds. The maximum atomic E-state index is 12.3. The number of aliphatic carboxylic acids is 1. The van der Waals surface area contributed by atoms with Gasteiger partial charge < -0.3 is 19.9 Å². The third-order valence-electron chi connectivity index (χ3n) is 3.04. The first-order valence-electron chi connectivity index (χ1n) is 7.09. The predicted molar refractivity (Wildman–Crippen MR) is 87.5 cm³/mol. The number of carbonyl (C=O) groups is 2. The van der Waals surface area contributed by atoms with E-state index in [0.29, 0.717) is 24.5 Å². The summed E-state index contributed by atoms with van der Waals surface area (Å²) >= 11 is 6.10. The van der Waals surface area contributed by atoms with Crippen LogP contribution in [0.4, 0.5) is 0 Å². The van der Waals surface area contributed by atoms with Gasteiger partial charge in [-0.05, 0) is 31.9 Å². The number of carboxylic acids is 1. The van der Waals surface area contributed by atoms with Crippen molar-refractivity contribution in [1.29, 1.82) is 0 Å². The Labute approximate surface area is 140 Å². The normalized spacial score (nSPS) is 11.4. The largest absolute Gasteiger partial charge is 0.493 e. The Morgan fingerprint density at radius 2 is 2.17 bits per heavy atom. The van der Waals surface area contributed by atoms with E-state index in [2.05, 4.69) is 11.9 Å². The topological polar surface area (TPSA) is 84.9 Å². The van der Waals surface area contributed by atoms with Crippen molar-refractivity contribution < 1.29 is 24.2 Å². The van der Waals surface area contributed by atoms with Crippen molar-refractivity contribution in [2.24, 2.45) is 0 Å². The molecule has 7 heteroatoms. The van der Waals surface area contributed by atoms with Gasteiger partial charge in [-0.2, -0.15) is 0 Å². The lowest BCUT2D eigenvalue weighted by Gasteiger charge is -2.16. The molecule has 126 valence electrons. The van der Waals surface area contributed by atoms with Gasteiger partial charge in [0.1, 0.15) is 6.04 Å². The summed E-state index contributed by atoms with van der Waals surface area (Å²) in [5, 5.41) is 11.8. The molecule has 0 aliphatic carbocycles.